The molecule has 0 atom stereocenters. The summed E-state index contributed by atoms with van der Waals surface area (Å²) in [5.74, 6) is 2.64. The molecular weight excluding hydrogens is 242 g/mol. The van der Waals surface area contributed by atoms with Gasteiger partial charge in [-0.05, 0) is 0 Å². The lowest BCUT2D eigenvalue weighted by Gasteiger charge is -2.23. The molecule has 0 bridgehead atoms. The highest BCUT2D eigenvalue weighted by Gasteiger charge is 2.16. The Bertz CT molecular complexity index is 346. The van der Waals surface area contributed by atoms with Crippen molar-refractivity contribution in [2.24, 2.45) is 0 Å². The van der Waals surface area contributed by atoms with Crippen molar-refractivity contribution in [1.29, 1.82) is 0 Å². The summed E-state index contributed by atoms with van der Waals surface area (Å²) in [6.45, 7) is 0.709. The predicted octanol–water partition coefficient (Wildman–Crippen LogP) is 2.39. The minimum Gasteiger partial charge on any atom is -0.496 e. The molecule has 17 heavy (non-hydrogen) atoms. The molecule has 0 amide bonds. The number of nitrogens with zero attached hydrogens (tertiary/aromatic N) is 1. The molecule has 5 heteroatoms. The first-order valence-electron chi connectivity index (χ1n) is 5.25. The first kappa shape index (κ1) is 13.8. The van der Waals surface area contributed by atoms with E-state index in [9.17, 15) is 0 Å². The van der Waals surface area contributed by atoms with Crippen LogP contribution in [0.25, 0.3) is 0 Å². The number of halogens is 1. The van der Waals surface area contributed by atoms with Crippen LogP contribution in [-0.4, -0.2) is 40.8 Å². The Morgan fingerprint density at radius 3 is 1.94 bits per heavy atom. The maximum atomic E-state index is 5.75. The molecule has 0 aliphatic heterocycles. The molecular formula is C12H18ClNO3. The Morgan fingerprint density at radius 1 is 1.06 bits per heavy atom. The standard InChI is InChI=1S/C12H18ClNO3/c1-14(6-5-13)12-10(16-3)7-9(15-2)8-11(12)17-4/h7-8H,5-6H2,1-4H3. The summed E-state index contributed by atoms with van der Waals surface area (Å²) < 4.78 is 15.9. The van der Waals surface area contributed by atoms with Crippen LogP contribution >= 0.6 is 11.6 Å². The Morgan fingerprint density at radius 2 is 1.59 bits per heavy atom. The third-order valence-corrected chi connectivity index (χ3v) is 2.66. The van der Waals surface area contributed by atoms with E-state index >= 15 is 0 Å². The number of benzene rings is 1. The highest BCUT2D eigenvalue weighted by Crippen LogP contribution is 2.40. The molecule has 0 aliphatic carbocycles. The normalized spacial score (nSPS) is 9.94. The minimum atomic E-state index is 0.537. The monoisotopic (exact) mass is 259 g/mol. The summed E-state index contributed by atoms with van der Waals surface area (Å²) in [7, 11) is 6.78. The fourth-order valence-electron chi connectivity index (χ4n) is 1.60. The predicted molar refractivity (Wildman–Crippen MR) is 70.1 cm³/mol. The summed E-state index contributed by atoms with van der Waals surface area (Å²) in [5, 5.41) is 0. The zero-order valence-corrected chi connectivity index (χ0v) is 11.4. The molecule has 0 fully saturated rings. The second-order valence-corrected chi connectivity index (χ2v) is 3.87. The molecule has 0 saturated heterocycles. The van der Waals surface area contributed by atoms with Crippen molar-refractivity contribution < 1.29 is 14.2 Å². The smallest absolute Gasteiger partial charge is 0.149 e. The van der Waals surface area contributed by atoms with Crippen molar-refractivity contribution in [2.45, 2.75) is 0 Å². The highest BCUT2D eigenvalue weighted by molar-refractivity contribution is 6.18. The number of ether oxygens (including phenoxy) is 3. The SMILES string of the molecule is COc1cc(OC)c(N(C)CCCl)c(OC)c1. The lowest BCUT2D eigenvalue weighted by Crippen LogP contribution is -2.21. The van der Waals surface area contributed by atoms with Crippen LogP contribution in [-0.2, 0) is 0 Å². The lowest BCUT2D eigenvalue weighted by atomic mass is 10.2. The van der Waals surface area contributed by atoms with Crippen molar-refractivity contribution >= 4 is 17.3 Å². The molecule has 0 aliphatic rings. The molecule has 0 heterocycles. The average molecular weight is 260 g/mol. The molecule has 0 saturated carbocycles. The number of rotatable bonds is 6. The molecule has 0 aromatic heterocycles. The third-order valence-electron chi connectivity index (χ3n) is 2.49. The van der Waals surface area contributed by atoms with E-state index in [0.717, 1.165) is 5.69 Å². The van der Waals surface area contributed by atoms with Gasteiger partial charge in [0.2, 0.25) is 0 Å². The molecule has 1 aromatic carbocycles. The van der Waals surface area contributed by atoms with Crippen LogP contribution in [0, 0.1) is 0 Å². The van der Waals surface area contributed by atoms with Gasteiger partial charge in [-0.1, -0.05) is 0 Å². The molecule has 0 unspecified atom stereocenters. The van der Waals surface area contributed by atoms with Crippen LogP contribution < -0.4 is 19.1 Å². The van der Waals surface area contributed by atoms with Crippen LogP contribution in [0.3, 0.4) is 0 Å². The molecule has 0 radical (unpaired) electrons. The molecule has 4 nitrogen and oxygen atoms in total. The summed E-state index contributed by atoms with van der Waals surface area (Å²) >= 11 is 5.75. The van der Waals surface area contributed by atoms with E-state index < -0.39 is 0 Å². The van der Waals surface area contributed by atoms with Gasteiger partial charge in [0.15, 0.2) is 0 Å². The number of hydrogen-bond donors (Lipinski definition) is 0. The van der Waals surface area contributed by atoms with Gasteiger partial charge in [0.05, 0.1) is 21.3 Å². The second kappa shape index (κ2) is 6.45. The van der Waals surface area contributed by atoms with Crippen molar-refractivity contribution in [3.05, 3.63) is 12.1 Å². The van der Waals surface area contributed by atoms with Crippen molar-refractivity contribution in [2.75, 3.05) is 45.7 Å². The van der Waals surface area contributed by atoms with Gasteiger partial charge in [-0.3, -0.25) is 0 Å². The third kappa shape index (κ3) is 3.09. The van der Waals surface area contributed by atoms with Crippen LogP contribution in [0.4, 0.5) is 5.69 Å². The zero-order chi connectivity index (χ0) is 12.8. The summed E-state index contributed by atoms with van der Waals surface area (Å²) in [4.78, 5) is 1.99. The van der Waals surface area contributed by atoms with E-state index in [-0.39, 0.29) is 0 Å². The summed E-state index contributed by atoms with van der Waals surface area (Å²) in [6.07, 6.45) is 0. The van der Waals surface area contributed by atoms with Crippen molar-refractivity contribution in [3.8, 4) is 17.2 Å². The Kier molecular flexibility index (Phi) is 5.22. The summed E-state index contributed by atoms with van der Waals surface area (Å²) in [5.41, 5.74) is 0.872. The topological polar surface area (TPSA) is 30.9 Å². The van der Waals surface area contributed by atoms with Gasteiger partial charge < -0.3 is 19.1 Å². The van der Waals surface area contributed by atoms with Crippen LogP contribution in [0.2, 0.25) is 0 Å². The Balaban J connectivity index is 3.23. The van der Waals surface area contributed by atoms with Gasteiger partial charge in [-0.15, -0.1) is 11.6 Å². The van der Waals surface area contributed by atoms with E-state index in [2.05, 4.69) is 0 Å². The lowest BCUT2D eigenvalue weighted by molar-refractivity contribution is 0.376. The highest BCUT2D eigenvalue weighted by atomic mass is 35.5. The van der Waals surface area contributed by atoms with E-state index in [1.165, 1.54) is 0 Å². The number of alkyl halides is 1. The maximum Gasteiger partial charge on any atom is 0.149 e. The van der Waals surface area contributed by atoms with Crippen molar-refractivity contribution in [1.82, 2.24) is 0 Å². The van der Waals surface area contributed by atoms with E-state index in [1.807, 2.05) is 24.1 Å². The fourth-order valence-corrected chi connectivity index (χ4v) is 1.86. The molecule has 96 valence electrons. The number of methoxy groups -OCH3 is 3. The van der Waals surface area contributed by atoms with E-state index in [4.69, 9.17) is 25.8 Å². The molecule has 0 spiro atoms. The quantitative estimate of drug-likeness (QED) is 0.734. The first-order chi connectivity index (χ1) is 8.17. The number of anilines is 1. The Hall–Kier alpha value is -1.29. The van der Waals surface area contributed by atoms with Crippen LogP contribution in [0.5, 0.6) is 17.2 Å². The molecule has 1 aromatic rings. The van der Waals surface area contributed by atoms with Gasteiger partial charge >= 0.3 is 0 Å². The van der Waals surface area contributed by atoms with Gasteiger partial charge in [0, 0.05) is 31.6 Å². The molecule has 0 N–H and O–H groups in total. The molecule has 1 rings (SSSR count). The van der Waals surface area contributed by atoms with Crippen LogP contribution in [0.1, 0.15) is 0 Å². The van der Waals surface area contributed by atoms with E-state index in [1.54, 1.807) is 21.3 Å². The average Bonchev–Trinajstić information content (AvgIpc) is 2.37. The summed E-state index contributed by atoms with van der Waals surface area (Å²) in [6, 6.07) is 3.64. The number of hydrogen-bond acceptors (Lipinski definition) is 4. The Labute approximate surface area is 107 Å². The first-order valence-corrected chi connectivity index (χ1v) is 5.78. The maximum absolute atomic E-state index is 5.75. The van der Waals surface area contributed by atoms with Gasteiger partial charge in [-0.2, -0.15) is 0 Å². The van der Waals surface area contributed by atoms with Crippen molar-refractivity contribution in [3.63, 3.8) is 0 Å². The van der Waals surface area contributed by atoms with Gasteiger partial charge in [0.25, 0.3) is 0 Å². The fraction of sp³-hybridized carbons (Fsp3) is 0.500. The second-order valence-electron chi connectivity index (χ2n) is 3.49. The minimum absolute atomic E-state index is 0.537. The van der Waals surface area contributed by atoms with Crippen LogP contribution in [0.15, 0.2) is 12.1 Å². The largest absolute Gasteiger partial charge is 0.496 e. The van der Waals surface area contributed by atoms with Gasteiger partial charge in [-0.25, -0.2) is 0 Å². The van der Waals surface area contributed by atoms with E-state index in [0.29, 0.717) is 29.7 Å². The zero-order valence-electron chi connectivity index (χ0n) is 10.6. The van der Waals surface area contributed by atoms with Gasteiger partial charge in [0.1, 0.15) is 22.9 Å².